The van der Waals surface area contributed by atoms with Gasteiger partial charge in [-0.05, 0) is 71.1 Å². The monoisotopic (exact) mass is 521 g/mol. The van der Waals surface area contributed by atoms with Crippen molar-refractivity contribution in [1.29, 1.82) is 0 Å². The number of rotatable bonds is 9. The van der Waals surface area contributed by atoms with Crippen LogP contribution >= 0.6 is 0 Å². The number of hydrogen-bond acceptors (Lipinski definition) is 7. The average Bonchev–Trinajstić information content (AvgIpc) is 3.47. The van der Waals surface area contributed by atoms with Gasteiger partial charge >= 0.3 is 12.1 Å². The van der Waals surface area contributed by atoms with Gasteiger partial charge < -0.3 is 25.0 Å². The third kappa shape index (κ3) is 7.02. The van der Waals surface area contributed by atoms with E-state index in [4.69, 9.17) is 4.74 Å². The molecule has 10 heteroatoms. The van der Waals surface area contributed by atoms with E-state index in [1.54, 1.807) is 25.7 Å². The van der Waals surface area contributed by atoms with Crippen molar-refractivity contribution in [3.8, 4) is 0 Å². The van der Waals surface area contributed by atoms with E-state index in [1.807, 2.05) is 6.92 Å². The van der Waals surface area contributed by atoms with Crippen LogP contribution in [0.25, 0.3) is 0 Å². The molecule has 1 heterocycles. The maximum atomic E-state index is 14.1. The van der Waals surface area contributed by atoms with Gasteiger partial charge in [-0.25, -0.2) is 9.59 Å². The number of likely N-dealkylation sites (tertiary alicyclic amines) is 1. The summed E-state index contributed by atoms with van der Waals surface area (Å²) < 4.78 is 10.0. The highest BCUT2D eigenvalue weighted by atomic mass is 16.6. The molecule has 1 aliphatic heterocycles. The van der Waals surface area contributed by atoms with Gasteiger partial charge in [0.1, 0.15) is 17.7 Å². The Morgan fingerprint density at radius 3 is 2.24 bits per heavy atom. The second-order valence-corrected chi connectivity index (χ2v) is 11.6. The van der Waals surface area contributed by atoms with E-state index >= 15 is 0 Å². The Hall–Kier alpha value is -2.65. The first-order valence-corrected chi connectivity index (χ1v) is 13.7. The number of piperidine rings is 1. The van der Waals surface area contributed by atoms with E-state index in [1.165, 1.54) is 0 Å². The summed E-state index contributed by atoms with van der Waals surface area (Å²) in [6.07, 6.45) is 7.22. The average molecular weight is 522 g/mol. The number of amides is 3. The minimum Gasteiger partial charge on any atom is -0.463 e. The summed E-state index contributed by atoms with van der Waals surface area (Å²) in [5, 5.41) is 5.58. The Morgan fingerprint density at radius 1 is 0.973 bits per heavy atom. The van der Waals surface area contributed by atoms with Gasteiger partial charge in [-0.2, -0.15) is 0 Å². The van der Waals surface area contributed by atoms with Gasteiger partial charge in [0.05, 0.1) is 13.2 Å². The largest absolute Gasteiger partial charge is 0.463 e. The van der Waals surface area contributed by atoms with Gasteiger partial charge in [-0.1, -0.05) is 32.6 Å². The lowest BCUT2D eigenvalue weighted by Gasteiger charge is -2.40. The van der Waals surface area contributed by atoms with Crippen LogP contribution in [0.3, 0.4) is 0 Å². The first-order chi connectivity index (χ1) is 17.5. The van der Waals surface area contributed by atoms with Crippen molar-refractivity contribution >= 4 is 29.7 Å². The van der Waals surface area contributed by atoms with E-state index < -0.39 is 47.5 Å². The Bertz CT molecular complexity index is 878. The van der Waals surface area contributed by atoms with E-state index in [9.17, 15) is 24.0 Å². The van der Waals surface area contributed by atoms with Crippen LogP contribution in [0.4, 0.5) is 4.79 Å². The van der Waals surface area contributed by atoms with E-state index in [-0.39, 0.29) is 23.8 Å². The minimum absolute atomic E-state index is 0.0296. The zero-order valence-corrected chi connectivity index (χ0v) is 22.8. The van der Waals surface area contributed by atoms with Crippen molar-refractivity contribution in [3.05, 3.63) is 0 Å². The highest BCUT2D eigenvalue weighted by Crippen LogP contribution is 2.43. The number of ether oxygens (including phenoxy) is 2. The fourth-order valence-electron chi connectivity index (χ4n) is 6.14. The molecule has 3 aliphatic rings. The van der Waals surface area contributed by atoms with Crippen molar-refractivity contribution in [3.63, 3.8) is 0 Å². The number of nitrogens with one attached hydrogen (secondary N) is 2. The maximum Gasteiger partial charge on any atom is 0.408 e. The fourth-order valence-corrected chi connectivity index (χ4v) is 6.14. The predicted molar refractivity (Wildman–Crippen MR) is 135 cm³/mol. The van der Waals surface area contributed by atoms with Gasteiger partial charge in [-0.15, -0.1) is 0 Å². The van der Waals surface area contributed by atoms with Crippen molar-refractivity contribution in [1.82, 2.24) is 15.5 Å². The number of ketones is 1. The second kappa shape index (κ2) is 12.3. The van der Waals surface area contributed by atoms with Crippen molar-refractivity contribution in [2.75, 3.05) is 7.11 Å². The number of hydrogen-bond donors (Lipinski definition) is 2. The molecule has 3 fully saturated rings. The minimum atomic E-state index is -1.00. The highest BCUT2D eigenvalue weighted by molar-refractivity contribution is 6.36. The van der Waals surface area contributed by atoms with Crippen LogP contribution in [-0.2, 0) is 28.7 Å². The molecule has 2 aliphatic carbocycles. The van der Waals surface area contributed by atoms with E-state index in [0.29, 0.717) is 19.3 Å². The number of methoxy groups -OCH3 is 1. The molecule has 2 saturated carbocycles. The van der Waals surface area contributed by atoms with Gasteiger partial charge in [-0.3, -0.25) is 14.4 Å². The van der Waals surface area contributed by atoms with E-state index in [0.717, 1.165) is 52.1 Å². The number of alkyl carbamates (subject to hydrolysis) is 1. The normalized spacial score (nSPS) is 25.2. The SMILES string of the molecule is CCCC(NC(=O)[C@@H]1C2CCC(C2)N1C(=O)[C@H](NC(=O)OC(C)(C)C)C1CCCCC1)C(=O)C(=O)OC. The molecule has 0 aromatic rings. The topological polar surface area (TPSA) is 131 Å². The zero-order chi connectivity index (χ0) is 27.3. The van der Waals surface area contributed by atoms with Gasteiger partial charge in [0, 0.05) is 6.04 Å². The number of esters is 1. The summed E-state index contributed by atoms with van der Waals surface area (Å²) in [6.45, 7) is 7.17. The van der Waals surface area contributed by atoms with Gasteiger partial charge in [0.25, 0.3) is 5.78 Å². The number of nitrogens with zero attached hydrogens (tertiary/aromatic N) is 1. The summed E-state index contributed by atoms with van der Waals surface area (Å²) in [7, 11) is 1.13. The molecule has 2 bridgehead atoms. The predicted octanol–water partition coefficient (Wildman–Crippen LogP) is 2.87. The lowest BCUT2D eigenvalue weighted by Crippen LogP contribution is -2.61. The van der Waals surface area contributed by atoms with Crippen LogP contribution in [0, 0.1) is 11.8 Å². The summed E-state index contributed by atoms with van der Waals surface area (Å²) in [5.74, 6) is -2.57. The third-order valence-corrected chi connectivity index (χ3v) is 7.76. The highest BCUT2D eigenvalue weighted by Gasteiger charge is 2.53. The number of fused-ring (bicyclic) bond motifs is 2. The van der Waals surface area contributed by atoms with Crippen LogP contribution < -0.4 is 10.6 Å². The van der Waals surface area contributed by atoms with Crippen LogP contribution in [0.5, 0.6) is 0 Å². The number of carbonyl (C=O) groups is 5. The van der Waals surface area contributed by atoms with Crippen LogP contribution in [0.1, 0.15) is 91.9 Å². The molecule has 0 spiro atoms. The molecule has 3 unspecified atom stereocenters. The molecule has 5 atom stereocenters. The summed E-state index contributed by atoms with van der Waals surface area (Å²) >= 11 is 0. The van der Waals surface area contributed by atoms with Crippen LogP contribution in [0.2, 0.25) is 0 Å². The van der Waals surface area contributed by atoms with Crippen LogP contribution in [-0.4, -0.2) is 71.4 Å². The summed E-state index contributed by atoms with van der Waals surface area (Å²) in [4.78, 5) is 66.4. The molecule has 0 aromatic carbocycles. The summed E-state index contributed by atoms with van der Waals surface area (Å²) in [5.41, 5.74) is -0.708. The molecule has 37 heavy (non-hydrogen) atoms. The van der Waals surface area contributed by atoms with Crippen molar-refractivity contribution < 1.29 is 33.4 Å². The van der Waals surface area contributed by atoms with Gasteiger partial charge in [0.15, 0.2) is 0 Å². The molecular formula is C27H43N3O7. The molecule has 3 amide bonds. The standard InChI is InChI=1S/C27H43N3O7/c1-6-10-19(22(31)25(34)36-5)28-23(32)21-17-13-14-18(15-17)30(21)24(33)20(16-11-8-7-9-12-16)29-26(35)37-27(2,3)4/h16-21H,6-15H2,1-5H3,(H,28,32)(H,29,35)/t17?,18?,19?,20-,21+/m1/s1. The smallest absolute Gasteiger partial charge is 0.408 e. The Labute approximate surface area is 219 Å². The lowest BCUT2D eigenvalue weighted by atomic mass is 9.83. The molecular weight excluding hydrogens is 478 g/mol. The Balaban J connectivity index is 1.83. The lowest BCUT2D eigenvalue weighted by molar-refractivity contribution is -0.153. The maximum absolute atomic E-state index is 14.1. The molecule has 208 valence electrons. The fraction of sp³-hybridized carbons (Fsp3) is 0.815. The van der Waals surface area contributed by atoms with Gasteiger partial charge in [0.2, 0.25) is 11.8 Å². The van der Waals surface area contributed by atoms with E-state index in [2.05, 4.69) is 15.4 Å². The molecule has 10 nitrogen and oxygen atoms in total. The summed E-state index contributed by atoms with van der Waals surface area (Å²) in [6, 6.07) is -2.63. The second-order valence-electron chi connectivity index (χ2n) is 11.6. The molecule has 0 aromatic heterocycles. The number of carbonyl (C=O) groups excluding carboxylic acids is 5. The Kier molecular flexibility index (Phi) is 9.58. The third-order valence-electron chi connectivity index (χ3n) is 7.76. The number of Topliss-reactive ketones (excluding diaryl/α,β-unsaturated/α-hetero) is 1. The molecule has 0 radical (unpaired) electrons. The first kappa shape index (κ1) is 28.9. The van der Waals surface area contributed by atoms with Crippen molar-refractivity contribution in [2.24, 2.45) is 11.8 Å². The molecule has 2 N–H and O–H groups in total. The molecule has 1 saturated heterocycles. The van der Waals surface area contributed by atoms with Crippen molar-refractivity contribution in [2.45, 2.75) is 122 Å². The van der Waals surface area contributed by atoms with Crippen LogP contribution in [0.15, 0.2) is 0 Å². The Morgan fingerprint density at radius 2 is 1.65 bits per heavy atom. The molecule has 3 rings (SSSR count). The quantitative estimate of drug-likeness (QED) is 0.352. The first-order valence-electron chi connectivity index (χ1n) is 13.7. The zero-order valence-electron chi connectivity index (χ0n) is 22.8.